The molecule has 0 atom stereocenters. The van der Waals surface area contributed by atoms with Gasteiger partial charge in [0, 0.05) is 43.4 Å². The zero-order valence-corrected chi connectivity index (χ0v) is 18.2. The number of aryl methyl sites for hydroxylation is 1. The highest BCUT2D eigenvalue weighted by Crippen LogP contribution is 2.34. The number of amides is 1. The Labute approximate surface area is 183 Å². The van der Waals surface area contributed by atoms with E-state index in [-0.39, 0.29) is 23.4 Å². The van der Waals surface area contributed by atoms with E-state index in [1.54, 1.807) is 25.1 Å². The normalized spacial score (nSPS) is 11.1. The maximum atomic E-state index is 13.8. The van der Waals surface area contributed by atoms with E-state index in [1.165, 1.54) is 33.4 Å². The van der Waals surface area contributed by atoms with Crippen molar-refractivity contribution >= 4 is 23.2 Å². The molecule has 0 aliphatic carbocycles. The van der Waals surface area contributed by atoms with E-state index in [0.717, 1.165) is 6.92 Å². The molecule has 0 spiro atoms. The van der Waals surface area contributed by atoms with Crippen LogP contribution in [-0.2, 0) is 10.7 Å². The van der Waals surface area contributed by atoms with Crippen LogP contribution in [0.25, 0.3) is 11.3 Å². The van der Waals surface area contributed by atoms with E-state index in [4.69, 9.17) is 9.47 Å². The van der Waals surface area contributed by atoms with E-state index in [0.29, 0.717) is 28.4 Å². The molecule has 3 aromatic rings. The van der Waals surface area contributed by atoms with Crippen LogP contribution < -0.4 is 20.1 Å². The predicted octanol–water partition coefficient (Wildman–Crippen LogP) is 4.07. The van der Waals surface area contributed by atoms with Crippen molar-refractivity contribution < 1.29 is 23.0 Å². The Kier molecular flexibility index (Phi) is 6.47. The highest BCUT2D eigenvalue weighted by atomic mass is 19.3. The number of pyridine rings is 2. The number of alkyl halides is 2. The smallest absolute Gasteiger partial charge is 0.303 e. The summed E-state index contributed by atoms with van der Waals surface area (Å²) < 4.78 is 38.1. The average Bonchev–Trinajstić information content (AvgIpc) is 2.72. The Morgan fingerprint density at radius 2 is 1.81 bits per heavy atom. The molecule has 0 aliphatic heterocycles. The molecular weight excluding hydrogens is 422 g/mol. The molecule has 11 heteroatoms. The monoisotopic (exact) mass is 444 g/mol. The van der Waals surface area contributed by atoms with Crippen LogP contribution in [-0.4, -0.2) is 40.1 Å². The Bertz CT molecular complexity index is 1150. The number of anilines is 3. The van der Waals surface area contributed by atoms with Gasteiger partial charge in [-0.25, -0.2) is 19.9 Å². The second kappa shape index (κ2) is 9.08. The zero-order chi connectivity index (χ0) is 23.5. The van der Waals surface area contributed by atoms with Gasteiger partial charge in [-0.05, 0) is 19.1 Å². The van der Waals surface area contributed by atoms with Crippen molar-refractivity contribution in [3.8, 4) is 22.9 Å². The molecule has 0 saturated carbocycles. The largest absolute Gasteiger partial charge is 0.491 e. The molecule has 0 bridgehead atoms. The molecule has 168 valence electrons. The molecule has 0 unspecified atom stereocenters. The first kappa shape index (κ1) is 22.8. The molecule has 1 amide bonds. The molecule has 0 aromatic carbocycles. The van der Waals surface area contributed by atoms with Gasteiger partial charge in [0.05, 0.1) is 25.6 Å². The third-order valence-corrected chi connectivity index (χ3v) is 4.23. The highest BCUT2D eigenvalue weighted by molar-refractivity contribution is 5.89. The van der Waals surface area contributed by atoms with E-state index in [9.17, 15) is 13.6 Å². The fraction of sp³-hybridized carbons (Fsp3) is 0.286. The number of carbonyl (C=O) groups is 1. The Morgan fingerprint density at radius 1 is 1.06 bits per heavy atom. The SMILES string of the molecule is COc1ccc(-c2cnc(NC(C)=O)cc2Nc2cc(C)nc(C(C)(F)F)n2)nc1OC. The van der Waals surface area contributed by atoms with Crippen LogP contribution in [0.4, 0.5) is 26.1 Å². The maximum absolute atomic E-state index is 13.8. The quantitative estimate of drug-likeness (QED) is 0.561. The van der Waals surface area contributed by atoms with Crippen LogP contribution in [0.5, 0.6) is 11.6 Å². The summed E-state index contributed by atoms with van der Waals surface area (Å²) in [7, 11) is 2.95. The molecule has 0 saturated heterocycles. The number of hydrogen-bond acceptors (Lipinski definition) is 8. The minimum absolute atomic E-state index is 0.149. The van der Waals surface area contributed by atoms with Crippen molar-refractivity contribution in [1.82, 2.24) is 19.9 Å². The van der Waals surface area contributed by atoms with Crippen molar-refractivity contribution in [1.29, 1.82) is 0 Å². The minimum Gasteiger partial charge on any atom is -0.491 e. The Balaban J connectivity index is 2.11. The van der Waals surface area contributed by atoms with Crippen molar-refractivity contribution in [2.24, 2.45) is 0 Å². The number of hydrogen-bond donors (Lipinski definition) is 2. The third-order valence-electron chi connectivity index (χ3n) is 4.23. The fourth-order valence-electron chi connectivity index (χ4n) is 2.86. The lowest BCUT2D eigenvalue weighted by atomic mass is 10.1. The standard InChI is InChI=1S/C21H22F2N6O3/c1-11-8-18(29-20(25-11)21(3,22)23)27-15-9-17(26-12(2)30)24-10-13(15)14-6-7-16(31-4)19(28-14)32-5/h6-10H,1-5H3,(H2,24,25,26,27,29,30). The summed E-state index contributed by atoms with van der Waals surface area (Å²) in [6, 6.07) is 6.45. The van der Waals surface area contributed by atoms with Crippen molar-refractivity contribution in [3.63, 3.8) is 0 Å². The van der Waals surface area contributed by atoms with Gasteiger partial charge in [-0.1, -0.05) is 0 Å². The summed E-state index contributed by atoms with van der Waals surface area (Å²) in [4.78, 5) is 27.9. The first-order chi connectivity index (χ1) is 15.1. The van der Waals surface area contributed by atoms with Crippen LogP contribution in [0.3, 0.4) is 0 Å². The minimum atomic E-state index is -3.21. The predicted molar refractivity (Wildman–Crippen MR) is 114 cm³/mol. The fourth-order valence-corrected chi connectivity index (χ4v) is 2.86. The van der Waals surface area contributed by atoms with E-state index in [1.807, 2.05) is 0 Å². The Hall–Kier alpha value is -3.89. The van der Waals surface area contributed by atoms with Crippen molar-refractivity contribution in [2.45, 2.75) is 26.7 Å². The van der Waals surface area contributed by atoms with Gasteiger partial charge < -0.3 is 20.1 Å². The average molecular weight is 444 g/mol. The number of ether oxygens (including phenoxy) is 2. The number of nitrogens with one attached hydrogen (secondary N) is 2. The van der Waals surface area contributed by atoms with E-state index >= 15 is 0 Å². The van der Waals surface area contributed by atoms with Crippen LogP contribution >= 0.6 is 0 Å². The number of rotatable bonds is 7. The van der Waals surface area contributed by atoms with Crippen molar-refractivity contribution in [2.75, 3.05) is 24.9 Å². The van der Waals surface area contributed by atoms with Gasteiger partial charge in [0.1, 0.15) is 11.6 Å². The van der Waals surface area contributed by atoms with Gasteiger partial charge in [0.25, 0.3) is 5.88 Å². The lowest BCUT2D eigenvalue weighted by Gasteiger charge is -2.16. The van der Waals surface area contributed by atoms with Crippen LogP contribution in [0, 0.1) is 6.92 Å². The Morgan fingerprint density at radius 3 is 2.44 bits per heavy atom. The van der Waals surface area contributed by atoms with Gasteiger partial charge in [-0.2, -0.15) is 8.78 Å². The van der Waals surface area contributed by atoms with E-state index < -0.39 is 11.7 Å². The molecule has 0 aliphatic rings. The summed E-state index contributed by atoms with van der Waals surface area (Å²) in [5.74, 6) is -3.03. The summed E-state index contributed by atoms with van der Waals surface area (Å²) in [5.41, 5.74) is 1.77. The van der Waals surface area contributed by atoms with Gasteiger partial charge in [0.15, 0.2) is 5.75 Å². The maximum Gasteiger partial charge on any atom is 0.303 e. The summed E-state index contributed by atoms with van der Waals surface area (Å²) in [5, 5.41) is 5.61. The first-order valence-electron chi connectivity index (χ1n) is 9.48. The van der Waals surface area contributed by atoms with Crippen LogP contribution in [0.2, 0.25) is 0 Å². The van der Waals surface area contributed by atoms with Gasteiger partial charge in [-0.3, -0.25) is 4.79 Å². The molecule has 3 aromatic heterocycles. The molecule has 32 heavy (non-hydrogen) atoms. The number of halogens is 2. The molecule has 3 rings (SSSR count). The third kappa shape index (κ3) is 5.23. The molecule has 9 nitrogen and oxygen atoms in total. The van der Waals surface area contributed by atoms with Gasteiger partial charge >= 0.3 is 5.92 Å². The second-order valence-corrected chi connectivity index (χ2v) is 6.94. The van der Waals surface area contributed by atoms with Crippen LogP contribution in [0.1, 0.15) is 25.4 Å². The topological polar surface area (TPSA) is 111 Å². The summed E-state index contributed by atoms with van der Waals surface area (Å²) >= 11 is 0. The van der Waals surface area contributed by atoms with Gasteiger partial charge in [-0.15, -0.1) is 0 Å². The molecule has 0 fully saturated rings. The molecule has 0 radical (unpaired) electrons. The number of nitrogens with zero attached hydrogens (tertiary/aromatic N) is 4. The van der Waals surface area contributed by atoms with E-state index in [2.05, 4.69) is 30.6 Å². The molecule has 3 heterocycles. The summed E-state index contributed by atoms with van der Waals surface area (Å²) in [6.07, 6.45) is 1.49. The lowest BCUT2D eigenvalue weighted by Crippen LogP contribution is -2.14. The van der Waals surface area contributed by atoms with Crippen LogP contribution in [0.15, 0.2) is 30.5 Å². The first-order valence-corrected chi connectivity index (χ1v) is 9.48. The lowest BCUT2D eigenvalue weighted by molar-refractivity contribution is -0.114. The number of methoxy groups -OCH3 is 2. The summed E-state index contributed by atoms with van der Waals surface area (Å²) in [6.45, 7) is 3.67. The van der Waals surface area contributed by atoms with Gasteiger partial charge in [0.2, 0.25) is 11.7 Å². The number of aromatic nitrogens is 4. The molecular formula is C21H22F2N6O3. The zero-order valence-electron chi connectivity index (χ0n) is 18.2. The molecule has 2 N–H and O–H groups in total. The second-order valence-electron chi connectivity index (χ2n) is 6.94. The van der Waals surface area contributed by atoms with Crippen molar-refractivity contribution in [3.05, 3.63) is 42.0 Å². The highest BCUT2D eigenvalue weighted by Gasteiger charge is 2.29. The number of carbonyl (C=O) groups excluding carboxylic acids is 1.